The standard InChI is InChI=1S/C20H31N5O/c1-4-21-20(22-11-14-25-12-7-8-13-25)23-17-18-9-5-6-10-19(18)26-16-15-24(2)3/h5-10,12-13H,4,11,14-17H2,1-3H3,(H2,21,22,23). The zero-order valence-electron chi connectivity index (χ0n) is 16.1. The third-order valence-corrected chi connectivity index (χ3v) is 3.85. The van der Waals surface area contributed by atoms with Crippen molar-refractivity contribution in [3.63, 3.8) is 0 Å². The number of aliphatic imine (C=N–C) groups is 1. The van der Waals surface area contributed by atoms with Gasteiger partial charge in [-0.3, -0.25) is 0 Å². The van der Waals surface area contributed by atoms with Gasteiger partial charge < -0.3 is 24.8 Å². The van der Waals surface area contributed by atoms with Crippen LogP contribution in [0.5, 0.6) is 5.75 Å². The fourth-order valence-electron chi connectivity index (χ4n) is 2.44. The molecule has 0 radical (unpaired) electrons. The lowest BCUT2D eigenvalue weighted by molar-refractivity contribution is 0.259. The van der Waals surface area contributed by atoms with Gasteiger partial charge in [0.1, 0.15) is 12.4 Å². The Hall–Kier alpha value is -2.47. The second-order valence-electron chi connectivity index (χ2n) is 6.30. The molecule has 1 aromatic carbocycles. The van der Waals surface area contributed by atoms with E-state index in [1.54, 1.807) is 0 Å². The minimum atomic E-state index is 0.580. The van der Waals surface area contributed by atoms with Crippen molar-refractivity contribution in [1.82, 2.24) is 20.1 Å². The van der Waals surface area contributed by atoms with Crippen molar-refractivity contribution in [3.8, 4) is 5.75 Å². The van der Waals surface area contributed by atoms with Crippen LogP contribution in [0.1, 0.15) is 12.5 Å². The summed E-state index contributed by atoms with van der Waals surface area (Å²) in [6.45, 7) is 6.77. The van der Waals surface area contributed by atoms with Gasteiger partial charge in [-0.25, -0.2) is 4.99 Å². The maximum absolute atomic E-state index is 5.92. The predicted molar refractivity (Wildman–Crippen MR) is 108 cm³/mol. The first-order valence-electron chi connectivity index (χ1n) is 9.17. The Bertz CT molecular complexity index is 652. The second kappa shape index (κ2) is 11.2. The monoisotopic (exact) mass is 357 g/mol. The lowest BCUT2D eigenvalue weighted by atomic mass is 10.2. The van der Waals surface area contributed by atoms with Gasteiger partial charge in [-0.1, -0.05) is 18.2 Å². The van der Waals surface area contributed by atoms with Crippen LogP contribution in [0.2, 0.25) is 0 Å². The Labute approximate surface area is 156 Å². The molecule has 6 nitrogen and oxygen atoms in total. The first-order chi connectivity index (χ1) is 12.7. The molecule has 1 heterocycles. The number of nitrogens with one attached hydrogen (secondary N) is 2. The normalized spacial score (nSPS) is 11.6. The molecule has 0 saturated heterocycles. The molecule has 0 aliphatic rings. The summed E-state index contributed by atoms with van der Waals surface area (Å²) < 4.78 is 8.06. The molecule has 0 fully saturated rings. The molecule has 2 aromatic rings. The van der Waals surface area contributed by atoms with Crippen LogP contribution in [0.4, 0.5) is 0 Å². The number of guanidine groups is 1. The van der Waals surface area contributed by atoms with Gasteiger partial charge >= 0.3 is 0 Å². The Morgan fingerprint density at radius 3 is 2.62 bits per heavy atom. The maximum Gasteiger partial charge on any atom is 0.191 e. The van der Waals surface area contributed by atoms with Gasteiger partial charge in [0.2, 0.25) is 0 Å². The summed E-state index contributed by atoms with van der Waals surface area (Å²) in [5, 5.41) is 6.67. The molecule has 0 amide bonds. The number of likely N-dealkylation sites (N-methyl/N-ethyl adjacent to an activating group) is 1. The van der Waals surface area contributed by atoms with Crippen molar-refractivity contribution >= 4 is 5.96 Å². The summed E-state index contributed by atoms with van der Waals surface area (Å²) in [6.07, 6.45) is 4.13. The highest BCUT2D eigenvalue weighted by molar-refractivity contribution is 5.79. The summed E-state index contributed by atoms with van der Waals surface area (Å²) >= 11 is 0. The van der Waals surface area contributed by atoms with Crippen LogP contribution in [0.25, 0.3) is 0 Å². The Balaban J connectivity index is 1.90. The predicted octanol–water partition coefficient (Wildman–Crippen LogP) is 2.18. The number of rotatable bonds is 10. The number of hydrogen-bond donors (Lipinski definition) is 2. The average Bonchev–Trinajstić information content (AvgIpc) is 3.14. The van der Waals surface area contributed by atoms with E-state index in [1.165, 1.54) is 0 Å². The van der Waals surface area contributed by atoms with E-state index in [1.807, 2.05) is 44.4 Å². The fourth-order valence-corrected chi connectivity index (χ4v) is 2.44. The second-order valence-corrected chi connectivity index (χ2v) is 6.30. The van der Waals surface area contributed by atoms with E-state index in [0.29, 0.717) is 13.2 Å². The molecule has 0 unspecified atom stereocenters. The first kappa shape index (κ1) is 19.8. The highest BCUT2D eigenvalue weighted by Gasteiger charge is 2.04. The maximum atomic E-state index is 5.92. The molecule has 0 aliphatic heterocycles. The number of nitrogens with zero attached hydrogens (tertiary/aromatic N) is 3. The van der Waals surface area contributed by atoms with Crippen molar-refractivity contribution in [3.05, 3.63) is 54.4 Å². The Morgan fingerprint density at radius 1 is 1.12 bits per heavy atom. The minimum Gasteiger partial charge on any atom is -0.492 e. The van der Waals surface area contributed by atoms with E-state index in [2.05, 4.69) is 45.5 Å². The van der Waals surface area contributed by atoms with E-state index >= 15 is 0 Å². The van der Waals surface area contributed by atoms with E-state index in [-0.39, 0.29) is 0 Å². The lowest BCUT2D eigenvalue weighted by Crippen LogP contribution is -2.38. The van der Waals surface area contributed by atoms with Crippen molar-refractivity contribution < 1.29 is 4.74 Å². The quantitative estimate of drug-likeness (QED) is 0.506. The van der Waals surface area contributed by atoms with Crippen LogP contribution >= 0.6 is 0 Å². The molecule has 142 valence electrons. The molecule has 2 rings (SSSR count). The molecule has 6 heteroatoms. The zero-order chi connectivity index (χ0) is 18.6. The third kappa shape index (κ3) is 7.19. The summed E-state index contributed by atoms with van der Waals surface area (Å²) in [4.78, 5) is 6.81. The van der Waals surface area contributed by atoms with Gasteiger partial charge in [0.05, 0.1) is 6.54 Å². The molecular formula is C20H31N5O. The van der Waals surface area contributed by atoms with Gasteiger partial charge in [0.25, 0.3) is 0 Å². The highest BCUT2D eigenvalue weighted by atomic mass is 16.5. The van der Waals surface area contributed by atoms with Crippen LogP contribution in [-0.4, -0.2) is 55.8 Å². The van der Waals surface area contributed by atoms with E-state index in [0.717, 1.165) is 43.5 Å². The third-order valence-electron chi connectivity index (χ3n) is 3.85. The minimum absolute atomic E-state index is 0.580. The van der Waals surface area contributed by atoms with Crippen LogP contribution in [0.15, 0.2) is 53.8 Å². The number of benzene rings is 1. The summed E-state index contributed by atoms with van der Waals surface area (Å²) in [5.41, 5.74) is 1.09. The number of ether oxygens (including phenoxy) is 1. The van der Waals surface area contributed by atoms with Crippen LogP contribution in [0, 0.1) is 0 Å². The van der Waals surface area contributed by atoms with Gasteiger partial charge in [0, 0.05) is 44.1 Å². The van der Waals surface area contributed by atoms with Crippen molar-refractivity contribution in [1.29, 1.82) is 0 Å². The molecule has 1 aromatic heterocycles. The average molecular weight is 358 g/mol. The summed E-state index contributed by atoms with van der Waals surface area (Å²) in [5.74, 6) is 1.73. The number of para-hydroxylation sites is 1. The molecule has 26 heavy (non-hydrogen) atoms. The van der Waals surface area contributed by atoms with Crippen molar-refractivity contribution in [2.45, 2.75) is 20.0 Å². The molecule has 0 atom stereocenters. The molecular weight excluding hydrogens is 326 g/mol. The molecule has 0 bridgehead atoms. The smallest absolute Gasteiger partial charge is 0.191 e. The molecule has 0 saturated carbocycles. The van der Waals surface area contributed by atoms with Crippen LogP contribution in [0.3, 0.4) is 0 Å². The molecule has 0 spiro atoms. The lowest BCUT2D eigenvalue weighted by Gasteiger charge is -2.14. The number of hydrogen-bond acceptors (Lipinski definition) is 3. The van der Waals surface area contributed by atoms with Gasteiger partial charge in [-0.15, -0.1) is 0 Å². The topological polar surface area (TPSA) is 53.8 Å². The fraction of sp³-hybridized carbons (Fsp3) is 0.450. The highest BCUT2D eigenvalue weighted by Crippen LogP contribution is 2.18. The Morgan fingerprint density at radius 2 is 1.88 bits per heavy atom. The number of aromatic nitrogens is 1. The zero-order valence-corrected chi connectivity index (χ0v) is 16.1. The van der Waals surface area contributed by atoms with Crippen LogP contribution in [-0.2, 0) is 13.1 Å². The van der Waals surface area contributed by atoms with Gasteiger partial charge in [-0.05, 0) is 39.2 Å². The largest absolute Gasteiger partial charge is 0.492 e. The van der Waals surface area contributed by atoms with Crippen LogP contribution < -0.4 is 15.4 Å². The van der Waals surface area contributed by atoms with E-state index in [9.17, 15) is 0 Å². The van der Waals surface area contributed by atoms with Gasteiger partial charge in [0.15, 0.2) is 5.96 Å². The van der Waals surface area contributed by atoms with Gasteiger partial charge in [-0.2, -0.15) is 0 Å². The van der Waals surface area contributed by atoms with E-state index in [4.69, 9.17) is 9.73 Å². The van der Waals surface area contributed by atoms with E-state index < -0.39 is 0 Å². The van der Waals surface area contributed by atoms with Crippen molar-refractivity contribution in [2.75, 3.05) is 40.3 Å². The molecule has 2 N–H and O–H groups in total. The molecule has 0 aliphatic carbocycles. The first-order valence-corrected chi connectivity index (χ1v) is 9.17. The van der Waals surface area contributed by atoms with Crippen molar-refractivity contribution in [2.24, 2.45) is 4.99 Å². The summed E-state index contributed by atoms with van der Waals surface area (Å²) in [7, 11) is 4.09. The SMILES string of the molecule is CCNC(=NCc1ccccc1OCCN(C)C)NCCn1cccc1. The Kier molecular flexibility index (Phi) is 8.55. The summed E-state index contributed by atoms with van der Waals surface area (Å²) in [6, 6.07) is 12.2.